The van der Waals surface area contributed by atoms with Crippen LogP contribution >= 0.6 is 0 Å². The summed E-state index contributed by atoms with van der Waals surface area (Å²) in [6, 6.07) is 4.88. The number of hydrogen-bond donors (Lipinski definition) is 1. The summed E-state index contributed by atoms with van der Waals surface area (Å²) in [6.45, 7) is 4.04. The van der Waals surface area contributed by atoms with E-state index in [1.807, 2.05) is 6.92 Å². The smallest absolute Gasteiger partial charge is 0.251 e. The summed E-state index contributed by atoms with van der Waals surface area (Å²) >= 11 is 0. The minimum absolute atomic E-state index is 0.166. The zero-order valence-corrected chi connectivity index (χ0v) is 19.3. The lowest BCUT2D eigenvalue weighted by Crippen LogP contribution is -2.47. The van der Waals surface area contributed by atoms with Gasteiger partial charge in [0.15, 0.2) is 0 Å². The predicted octanol–water partition coefficient (Wildman–Crippen LogP) is 3.35. The molecule has 1 aromatic rings. The van der Waals surface area contributed by atoms with Crippen LogP contribution in [0.4, 0.5) is 0 Å². The number of amides is 1. The maximum Gasteiger partial charge on any atom is 0.251 e. The van der Waals surface area contributed by atoms with Crippen molar-refractivity contribution in [2.24, 2.45) is 23.2 Å². The van der Waals surface area contributed by atoms with Gasteiger partial charge in [-0.2, -0.15) is 4.31 Å². The largest absolute Gasteiger partial charge is 0.379 e. The normalized spacial score (nSPS) is 32.9. The molecule has 1 aliphatic heterocycles. The van der Waals surface area contributed by atoms with E-state index in [4.69, 9.17) is 4.74 Å². The molecule has 31 heavy (non-hydrogen) atoms. The second-order valence-corrected chi connectivity index (χ2v) is 12.4. The van der Waals surface area contributed by atoms with Gasteiger partial charge >= 0.3 is 0 Å². The molecule has 4 aliphatic carbocycles. The third-order valence-corrected chi connectivity index (χ3v) is 10.1. The van der Waals surface area contributed by atoms with Gasteiger partial charge in [-0.3, -0.25) is 4.79 Å². The van der Waals surface area contributed by atoms with Gasteiger partial charge in [0.1, 0.15) is 0 Å². The first-order chi connectivity index (χ1) is 14.8. The van der Waals surface area contributed by atoms with Gasteiger partial charge < -0.3 is 10.1 Å². The Labute approximate surface area is 185 Å². The molecule has 0 radical (unpaired) electrons. The number of aryl methyl sites for hydroxylation is 1. The first-order valence-corrected chi connectivity index (χ1v) is 13.3. The third-order valence-electron chi connectivity index (χ3n) is 8.17. The summed E-state index contributed by atoms with van der Waals surface area (Å²) in [4.78, 5) is 13.2. The SMILES string of the molecule is Cc1ccc(S(=O)(=O)N2CCOCC2)cc1C(=O)NCCC12CC3CC(CC(C3)C1)C2. The van der Waals surface area contributed by atoms with Gasteiger partial charge in [-0.15, -0.1) is 0 Å². The van der Waals surface area contributed by atoms with E-state index in [-0.39, 0.29) is 10.8 Å². The fourth-order valence-electron chi connectivity index (χ4n) is 7.07. The molecule has 4 bridgehead atoms. The van der Waals surface area contributed by atoms with Crippen molar-refractivity contribution < 1.29 is 17.9 Å². The highest BCUT2D eigenvalue weighted by Gasteiger charge is 2.50. The molecule has 7 heteroatoms. The summed E-state index contributed by atoms with van der Waals surface area (Å²) in [7, 11) is -3.61. The fourth-order valence-corrected chi connectivity index (χ4v) is 8.51. The van der Waals surface area contributed by atoms with E-state index in [1.54, 1.807) is 18.2 Å². The van der Waals surface area contributed by atoms with Crippen molar-refractivity contribution in [1.82, 2.24) is 9.62 Å². The lowest BCUT2D eigenvalue weighted by atomic mass is 9.49. The molecule has 1 saturated heterocycles. The summed E-state index contributed by atoms with van der Waals surface area (Å²) in [5.41, 5.74) is 1.69. The number of nitrogens with zero attached hydrogens (tertiary/aromatic N) is 1. The van der Waals surface area contributed by atoms with Crippen molar-refractivity contribution in [3.05, 3.63) is 29.3 Å². The minimum Gasteiger partial charge on any atom is -0.379 e. The van der Waals surface area contributed by atoms with Crippen LogP contribution in [0.1, 0.15) is 60.9 Å². The number of nitrogens with one attached hydrogen (secondary N) is 1. The van der Waals surface area contributed by atoms with Gasteiger partial charge in [-0.1, -0.05) is 6.07 Å². The monoisotopic (exact) mass is 446 g/mol. The van der Waals surface area contributed by atoms with Crippen molar-refractivity contribution in [3.63, 3.8) is 0 Å². The van der Waals surface area contributed by atoms with Gasteiger partial charge in [0.05, 0.1) is 18.1 Å². The highest BCUT2D eigenvalue weighted by Crippen LogP contribution is 2.61. The maximum absolute atomic E-state index is 13.0. The number of ether oxygens (including phenoxy) is 1. The lowest BCUT2D eigenvalue weighted by Gasteiger charge is -2.57. The molecule has 0 unspecified atom stereocenters. The van der Waals surface area contributed by atoms with Crippen LogP contribution in [-0.2, 0) is 14.8 Å². The minimum atomic E-state index is -3.61. The summed E-state index contributed by atoms with van der Waals surface area (Å²) < 4.78 is 32.7. The zero-order chi connectivity index (χ0) is 21.6. The molecule has 6 nitrogen and oxygen atoms in total. The Morgan fingerprint density at radius 1 is 1.10 bits per heavy atom. The first-order valence-electron chi connectivity index (χ1n) is 11.8. The summed E-state index contributed by atoms with van der Waals surface area (Å²) in [5, 5.41) is 3.11. The maximum atomic E-state index is 13.0. The van der Waals surface area contributed by atoms with Crippen LogP contribution in [0.2, 0.25) is 0 Å². The van der Waals surface area contributed by atoms with Gasteiger partial charge in [0, 0.05) is 25.2 Å². The number of hydrogen-bond acceptors (Lipinski definition) is 4. The van der Waals surface area contributed by atoms with E-state index in [1.165, 1.54) is 42.8 Å². The molecule has 4 saturated carbocycles. The number of rotatable bonds is 6. The molecule has 0 atom stereocenters. The van der Waals surface area contributed by atoms with Crippen LogP contribution in [0.3, 0.4) is 0 Å². The van der Waals surface area contributed by atoms with Crippen LogP contribution in [0.15, 0.2) is 23.1 Å². The Morgan fingerprint density at radius 3 is 2.32 bits per heavy atom. The predicted molar refractivity (Wildman–Crippen MR) is 118 cm³/mol. The molecule has 1 amide bonds. The Balaban J connectivity index is 1.25. The van der Waals surface area contributed by atoms with Gasteiger partial charge in [-0.05, 0) is 92.7 Å². The average Bonchev–Trinajstić information content (AvgIpc) is 2.73. The number of carbonyl (C=O) groups is 1. The summed E-state index contributed by atoms with van der Waals surface area (Å²) in [6.07, 6.45) is 9.33. The van der Waals surface area contributed by atoms with Crippen LogP contribution in [0, 0.1) is 30.1 Å². The van der Waals surface area contributed by atoms with E-state index in [0.717, 1.165) is 29.7 Å². The molecule has 170 valence electrons. The highest BCUT2D eigenvalue weighted by atomic mass is 32.2. The molecule has 1 heterocycles. The lowest BCUT2D eigenvalue weighted by molar-refractivity contribution is -0.0564. The van der Waals surface area contributed by atoms with E-state index < -0.39 is 10.0 Å². The van der Waals surface area contributed by atoms with Gasteiger partial charge in [-0.25, -0.2) is 8.42 Å². The zero-order valence-electron chi connectivity index (χ0n) is 18.4. The van der Waals surface area contributed by atoms with Gasteiger partial charge in [0.2, 0.25) is 10.0 Å². The Kier molecular flexibility index (Phi) is 5.64. The molecular formula is C24H34N2O4S. The van der Waals surface area contributed by atoms with Crippen molar-refractivity contribution in [2.75, 3.05) is 32.8 Å². The molecule has 5 fully saturated rings. The van der Waals surface area contributed by atoms with Crippen molar-refractivity contribution in [1.29, 1.82) is 0 Å². The average molecular weight is 447 g/mol. The summed E-state index contributed by atoms with van der Waals surface area (Å²) in [5.74, 6) is 2.56. The van der Waals surface area contributed by atoms with E-state index in [9.17, 15) is 13.2 Å². The van der Waals surface area contributed by atoms with E-state index >= 15 is 0 Å². The van der Waals surface area contributed by atoms with Crippen LogP contribution < -0.4 is 5.32 Å². The Bertz CT molecular complexity index is 917. The second-order valence-electron chi connectivity index (χ2n) is 10.4. The molecule has 0 aromatic heterocycles. The Hall–Kier alpha value is -1.44. The van der Waals surface area contributed by atoms with Crippen molar-refractivity contribution in [2.45, 2.75) is 56.8 Å². The molecule has 5 aliphatic rings. The van der Waals surface area contributed by atoms with Crippen molar-refractivity contribution in [3.8, 4) is 0 Å². The van der Waals surface area contributed by atoms with Crippen LogP contribution in [0.5, 0.6) is 0 Å². The standard InChI is InChI=1S/C24H34N2O4S/c1-17-2-3-21(31(28,29)26-6-8-30-9-7-26)13-22(17)23(27)25-5-4-24-14-18-10-19(15-24)12-20(11-18)16-24/h2-3,13,18-20H,4-12,14-16H2,1H3,(H,25,27). The van der Waals surface area contributed by atoms with E-state index in [0.29, 0.717) is 43.8 Å². The fraction of sp³-hybridized carbons (Fsp3) is 0.708. The molecule has 6 rings (SSSR count). The number of sulfonamides is 1. The van der Waals surface area contributed by atoms with E-state index in [2.05, 4.69) is 5.32 Å². The van der Waals surface area contributed by atoms with Gasteiger partial charge in [0.25, 0.3) is 5.91 Å². The Morgan fingerprint density at radius 2 is 1.71 bits per heavy atom. The molecular weight excluding hydrogens is 412 g/mol. The van der Waals surface area contributed by atoms with Crippen LogP contribution in [0.25, 0.3) is 0 Å². The number of morpholine rings is 1. The quantitative estimate of drug-likeness (QED) is 0.727. The second kappa shape index (κ2) is 8.16. The molecule has 1 N–H and O–H groups in total. The van der Waals surface area contributed by atoms with Crippen molar-refractivity contribution >= 4 is 15.9 Å². The molecule has 0 spiro atoms. The molecule has 1 aromatic carbocycles. The highest BCUT2D eigenvalue weighted by molar-refractivity contribution is 7.89. The third kappa shape index (κ3) is 4.16. The first kappa shape index (κ1) is 21.4. The van der Waals surface area contributed by atoms with Crippen LogP contribution in [-0.4, -0.2) is 51.5 Å². The number of benzene rings is 1. The number of carbonyl (C=O) groups excluding carboxylic acids is 1. The topological polar surface area (TPSA) is 75.7 Å².